The highest BCUT2D eigenvalue weighted by Gasteiger charge is 2.16. The van der Waals surface area contributed by atoms with Gasteiger partial charge in [-0.3, -0.25) is 4.79 Å². The highest BCUT2D eigenvalue weighted by atomic mass is 32.2. The van der Waals surface area contributed by atoms with E-state index in [9.17, 15) is 4.79 Å². The number of fused-ring (bicyclic) bond motifs is 1. The molecule has 0 radical (unpaired) electrons. The molecule has 0 atom stereocenters. The summed E-state index contributed by atoms with van der Waals surface area (Å²) >= 11 is 1.49. The van der Waals surface area contributed by atoms with Gasteiger partial charge in [0.15, 0.2) is 5.43 Å². The zero-order valence-electron chi connectivity index (χ0n) is 15.6. The van der Waals surface area contributed by atoms with Crippen LogP contribution in [0.3, 0.4) is 0 Å². The normalized spacial score (nSPS) is 10.8. The molecule has 0 saturated carbocycles. The molecule has 5 nitrogen and oxygen atoms in total. The number of aromatic amines is 1. The number of benzene rings is 1. The van der Waals surface area contributed by atoms with E-state index in [2.05, 4.69) is 20.0 Å². The van der Waals surface area contributed by atoms with E-state index in [1.807, 2.05) is 67.8 Å². The largest absolute Gasteiger partial charge is 0.353 e. The van der Waals surface area contributed by atoms with E-state index in [1.165, 1.54) is 11.9 Å². The lowest BCUT2D eigenvalue weighted by Crippen LogP contribution is -1.99. The van der Waals surface area contributed by atoms with Crippen molar-refractivity contribution in [1.29, 1.82) is 0 Å². The third kappa shape index (κ3) is 3.59. The van der Waals surface area contributed by atoms with Crippen LogP contribution in [0, 0.1) is 6.92 Å². The molecular formula is C22H20N4OS. The Balaban J connectivity index is 1.97. The first-order chi connectivity index (χ1) is 13.7. The molecule has 0 bridgehead atoms. The number of hydrogen-bond acceptors (Lipinski definition) is 5. The molecule has 0 fully saturated rings. The Kier molecular flexibility index (Phi) is 5.04. The maximum atomic E-state index is 12.9. The molecule has 0 aliphatic rings. The van der Waals surface area contributed by atoms with Crippen LogP contribution in [0.25, 0.3) is 22.2 Å². The first kappa shape index (κ1) is 18.1. The van der Waals surface area contributed by atoms with Gasteiger partial charge < -0.3 is 15.0 Å². The summed E-state index contributed by atoms with van der Waals surface area (Å²) in [4.78, 5) is 20.7. The molecule has 4 aromatic rings. The summed E-state index contributed by atoms with van der Waals surface area (Å²) in [5.74, 6) is 0.762. The Morgan fingerprint density at radius 2 is 1.86 bits per heavy atom. The van der Waals surface area contributed by atoms with Gasteiger partial charge in [0.25, 0.3) is 0 Å². The van der Waals surface area contributed by atoms with Crippen molar-refractivity contribution in [2.24, 2.45) is 0 Å². The topological polar surface area (TPSA) is 69.8 Å². The number of rotatable bonds is 5. The number of nitrogens with one attached hydrogen (secondary N) is 3. The lowest BCUT2D eigenvalue weighted by atomic mass is 10.1. The van der Waals surface area contributed by atoms with Crippen LogP contribution >= 0.6 is 11.9 Å². The minimum absolute atomic E-state index is 0.0273. The molecule has 140 valence electrons. The molecule has 3 N–H and O–H groups in total. The minimum atomic E-state index is -0.0273. The van der Waals surface area contributed by atoms with Crippen LogP contribution in [0.15, 0.2) is 71.7 Å². The summed E-state index contributed by atoms with van der Waals surface area (Å²) < 4.78 is 3.16. The molecule has 2 aromatic heterocycles. The molecule has 0 aliphatic heterocycles. The summed E-state index contributed by atoms with van der Waals surface area (Å²) in [5.41, 5.74) is 5.28. The Bertz CT molecular complexity index is 1190. The second kappa shape index (κ2) is 7.78. The van der Waals surface area contributed by atoms with Gasteiger partial charge in [0, 0.05) is 23.7 Å². The van der Waals surface area contributed by atoms with Crippen LogP contribution in [0.1, 0.15) is 5.56 Å². The van der Waals surface area contributed by atoms with Crippen molar-refractivity contribution < 1.29 is 0 Å². The maximum absolute atomic E-state index is 12.9. The van der Waals surface area contributed by atoms with E-state index >= 15 is 0 Å². The molecular weight excluding hydrogens is 368 g/mol. The van der Waals surface area contributed by atoms with Crippen molar-refractivity contribution in [2.75, 3.05) is 16.3 Å². The summed E-state index contributed by atoms with van der Waals surface area (Å²) in [6, 6.07) is 19.2. The van der Waals surface area contributed by atoms with Gasteiger partial charge in [-0.25, -0.2) is 4.98 Å². The number of para-hydroxylation sites is 1. The van der Waals surface area contributed by atoms with Crippen molar-refractivity contribution in [3.05, 3.63) is 82.6 Å². The van der Waals surface area contributed by atoms with Gasteiger partial charge in [0.05, 0.1) is 22.3 Å². The average molecular weight is 388 g/mol. The van der Waals surface area contributed by atoms with Crippen molar-refractivity contribution in [3.63, 3.8) is 0 Å². The fourth-order valence-corrected chi connectivity index (χ4v) is 3.52. The van der Waals surface area contributed by atoms with Crippen LogP contribution in [0.4, 0.5) is 17.2 Å². The van der Waals surface area contributed by atoms with Gasteiger partial charge >= 0.3 is 0 Å². The van der Waals surface area contributed by atoms with Gasteiger partial charge in [-0.15, -0.1) is 0 Å². The molecule has 2 aromatic carbocycles. The third-order valence-corrected chi connectivity index (χ3v) is 4.86. The minimum Gasteiger partial charge on any atom is -0.353 e. The van der Waals surface area contributed by atoms with Gasteiger partial charge in [-0.05, 0) is 48.9 Å². The lowest BCUT2D eigenvalue weighted by molar-refractivity contribution is 1.32. The van der Waals surface area contributed by atoms with Crippen LogP contribution in [0.2, 0.25) is 0 Å². The maximum Gasteiger partial charge on any atom is 0.190 e. The predicted octanol–water partition coefficient (Wildman–Crippen LogP) is 5.33. The number of aromatic nitrogens is 2. The highest BCUT2D eigenvalue weighted by Crippen LogP contribution is 2.36. The fraction of sp³-hybridized carbons (Fsp3) is 0.0909. The number of nitrogens with zero attached hydrogens (tertiary/aromatic N) is 1. The second-order valence-corrected chi connectivity index (χ2v) is 7.09. The van der Waals surface area contributed by atoms with E-state index in [-0.39, 0.29) is 5.43 Å². The summed E-state index contributed by atoms with van der Waals surface area (Å²) in [5, 5.41) is 4.08. The van der Waals surface area contributed by atoms with E-state index in [0.29, 0.717) is 5.39 Å². The second-order valence-electron chi connectivity index (χ2n) is 6.48. The van der Waals surface area contributed by atoms with E-state index < -0.39 is 0 Å². The summed E-state index contributed by atoms with van der Waals surface area (Å²) in [6.07, 6.45) is 3.71. The predicted molar refractivity (Wildman–Crippen MR) is 119 cm³/mol. The molecule has 0 aliphatic carbocycles. The molecule has 2 heterocycles. The van der Waals surface area contributed by atoms with Gasteiger partial charge in [-0.2, -0.15) is 0 Å². The van der Waals surface area contributed by atoms with Gasteiger partial charge in [0.2, 0.25) is 0 Å². The van der Waals surface area contributed by atoms with Crippen LogP contribution in [-0.4, -0.2) is 16.2 Å². The number of pyridine rings is 1. The third-order valence-electron chi connectivity index (χ3n) is 4.44. The van der Waals surface area contributed by atoms with Gasteiger partial charge in [-0.1, -0.05) is 36.2 Å². The molecule has 0 spiro atoms. The van der Waals surface area contributed by atoms with Crippen molar-refractivity contribution >= 4 is 40.0 Å². The number of anilines is 3. The molecule has 4 rings (SSSR count). The Morgan fingerprint density at radius 1 is 1.04 bits per heavy atom. The Morgan fingerprint density at radius 3 is 2.64 bits per heavy atom. The lowest BCUT2D eigenvalue weighted by Gasteiger charge is -2.09. The SMILES string of the molecule is CSNc1cc(-c2[nH]c3cc(C)ccc(=O)c3c2Nc2ccccc2)ccn1. The first-order valence-electron chi connectivity index (χ1n) is 8.90. The summed E-state index contributed by atoms with van der Waals surface area (Å²) in [7, 11) is 0. The van der Waals surface area contributed by atoms with Crippen LogP contribution in [-0.2, 0) is 0 Å². The van der Waals surface area contributed by atoms with E-state index in [4.69, 9.17) is 0 Å². The molecule has 0 amide bonds. The molecule has 6 heteroatoms. The molecule has 28 heavy (non-hydrogen) atoms. The van der Waals surface area contributed by atoms with Crippen LogP contribution in [0.5, 0.6) is 0 Å². The van der Waals surface area contributed by atoms with Crippen molar-refractivity contribution in [3.8, 4) is 11.3 Å². The Hall–Kier alpha value is -3.25. The fourth-order valence-electron chi connectivity index (χ4n) is 3.20. The van der Waals surface area contributed by atoms with Crippen LogP contribution < -0.4 is 15.5 Å². The Labute approximate surface area is 167 Å². The standard InChI is InChI=1S/C22H20N4OS/c1-14-8-9-18(27)20-17(12-14)25-21(15-10-11-23-19(13-15)26-28-2)22(20)24-16-6-4-3-5-7-16/h3-13,24-25H,1-2H3,(H,23,26). The van der Waals surface area contributed by atoms with Crippen molar-refractivity contribution in [1.82, 2.24) is 9.97 Å². The van der Waals surface area contributed by atoms with E-state index in [0.717, 1.165) is 39.5 Å². The number of aryl methyl sites for hydroxylation is 1. The van der Waals surface area contributed by atoms with Crippen molar-refractivity contribution in [2.45, 2.75) is 6.92 Å². The summed E-state index contributed by atoms with van der Waals surface area (Å²) in [6.45, 7) is 1.98. The number of H-pyrrole nitrogens is 1. The monoisotopic (exact) mass is 388 g/mol. The zero-order chi connectivity index (χ0) is 19.5. The molecule has 0 unspecified atom stereocenters. The zero-order valence-corrected chi connectivity index (χ0v) is 16.4. The number of hydrogen-bond donors (Lipinski definition) is 3. The van der Waals surface area contributed by atoms with E-state index in [1.54, 1.807) is 12.3 Å². The first-order valence-corrected chi connectivity index (χ1v) is 10.1. The van der Waals surface area contributed by atoms with Gasteiger partial charge in [0.1, 0.15) is 5.82 Å². The molecule has 0 saturated heterocycles. The smallest absolute Gasteiger partial charge is 0.190 e. The average Bonchev–Trinajstić information content (AvgIpc) is 2.98. The quantitative estimate of drug-likeness (QED) is 0.403. The highest BCUT2D eigenvalue weighted by molar-refractivity contribution is 7.99.